The number of piperidine rings is 1. The number of aromatic nitrogens is 2. The van der Waals surface area contributed by atoms with Crippen molar-refractivity contribution in [3.63, 3.8) is 0 Å². The number of benzene rings is 3. The summed E-state index contributed by atoms with van der Waals surface area (Å²) in [7, 11) is 0. The zero-order valence-corrected chi connectivity index (χ0v) is 25.2. The lowest BCUT2D eigenvalue weighted by atomic mass is 9.85. The summed E-state index contributed by atoms with van der Waals surface area (Å²) >= 11 is 6.70. The van der Waals surface area contributed by atoms with Crippen LogP contribution in [-0.4, -0.2) is 45.7 Å². The fourth-order valence-electron chi connectivity index (χ4n) is 6.09. The van der Waals surface area contributed by atoms with E-state index in [9.17, 15) is 27.6 Å². The highest BCUT2D eigenvalue weighted by atomic mass is 35.5. The molecule has 1 aliphatic heterocycles. The predicted octanol–water partition coefficient (Wildman–Crippen LogP) is 6.76. The number of carbonyl (C=O) groups excluding carboxylic acids is 3. The number of halogens is 4. The second-order valence-corrected chi connectivity index (χ2v) is 11.7. The number of alkyl halides is 2. The smallest absolute Gasteiger partial charge is 0.255 e. The Bertz CT molecular complexity index is 1740. The highest BCUT2D eigenvalue weighted by Crippen LogP contribution is 2.44. The summed E-state index contributed by atoms with van der Waals surface area (Å²) in [6.45, 7) is 0. The fraction of sp³-hybridized carbons (Fsp3) is 0.265. The molecule has 6 rings (SSSR count). The van der Waals surface area contributed by atoms with E-state index in [1.54, 1.807) is 60.7 Å². The Labute approximate surface area is 268 Å². The molecule has 46 heavy (non-hydrogen) atoms. The van der Waals surface area contributed by atoms with E-state index in [0.29, 0.717) is 12.1 Å². The highest BCUT2D eigenvalue weighted by molar-refractivity contribution is 6.32. The normalized spacial score (nSPS) is 18.4. The van der Waals surface area contributed by atoms with Crippen molar-refractivity contribution < 1.29 is 27.6 Å². The number of anilines is 3. The Morgan fingerprint density at radius 2 is 1.59 bits per heavy atom. The van der Waals surface area contributed by atoms with Crippen LogP contribution in [0, 0.1) is 5.82 Å². The van der Waals surface area contributed by atoms with E-state index >= 15 is 0 Å². The minimum Gasteiger partial charge on any atom is -0.307 e. The molecule has 2 fully saturated rings. The number of nitrogens with zero attached hydrogens (tertiary/aromatic N) is 5. The summed E-state index contributed by atoms with van der Waals surface area (Å²) in [6.07, 6.45) is 2.45. The minimum absolute atomic E-state index is 0.00738. The summed E-state index contributed by atoms with van der Waals surface area (Å²) in [4.78, 5) is 55.2. The zero-order chi connectivity index (χ0) is 32.4. The molecule has 1 aliphatic carbocycles. The molecule has 12 heteroatoms. The molecule has 2 aliphatic rings. The molecular formula is C34H29ClF3N5O3. The van der Waals surface area contributed by atoms with Crippen molar-refractivity contribution in [2.24, 2.45) is 0 Å². The maximum absolute atomic E-state index is 15.0. The van der Waals surface area contributed by atoms with Crippen LogP contribution in [0.5, 0.6) is 0 Å². The summed E-state index contributed by atoms with van der Waals surface area (Å²) in [5, 5.41) is 0.130. The Balaban J connectivity index is 1.53. The SMILES string of the molecule is O=C([C@@H](c1ccccc1Cl)N(C(=O)[C@@H]1CCCC(=O)N1c1ncccn1)c1cccc(F)c1)N(c1ccccc1)C1CC(F)(F)C1. The van der Waals surface area contributed by atoms with Gasteiger partial charge in [-0.15, -0.1) is 0 Å². The molecular weight excluding hydrogens is 619 g/mol. The zero-order valence-electron chi connectivity index (χ0n) is 24.5. The van der Waals surface area contributed by atoms with Gasteiger partial charge in [-0.3, -0.25) is 24.2 Å². The van der Waals surface area contributed by atoms with Crippen molar-refractivity contribution in [2.75, 3.05) is 14.7 Å². The van der Waals surface area contributed by atoms with E-state index in [1.165, 1.54) is 40.4 Å². The predicted molar refractivity (Wildman–Crippen MR) is 167 cm³/mol. The maximum Gasteiger partial charge on any atom is 0.255 e. The van der Waals surface area contributed by atoms with Gasteiger partial charge >= 0.3 is 0 Å². The Kier molecular flexibility index (Phi) is 8.77. The summed E-state index contributed by atoms with van der Waals surface area (Å²) < 4.78 is 43.4. The van der Waals surface area contributed by atoms with Crippen LogP contribution in [0.25, 0.3) is 0 Å². The van der Waals surface area contributed by atoms with Gasteiger partial charge in [-0.2, -0.15) is 0 Å². The molecule has 1 aromatic heterocycles. The fourth-order valence-corrected chi connectivity index (χ4v) is 6.33. The molecule has 0 unspecified atom stereocenters. The first-order valence-corrected chi connectivity index (χ1v) is 15.2. The van der Waals surface area contributed by atoms with Gasteiger partial charge in [-0.05, 0) is 55.3 Å². The van der Waals surface area contributed by atoms with Gasteiger partial charge in [0, 0.05) is 59.7 Å². The Morgan fingerprint density at radius 1 is 0.913 bits per heavy atom. The lowest BCUT2D eigenvalue weighted by Gasteiger charge is -2.45. The van der Waals surface area contributed by atoms with E-state index in [4.69, 9.17) is 11.6 Å². The van der Waals surface area contributed by atoms with E-state index in [0.717, 1.165) is 11.0 Å². The average molecular weight is 648 g/mol. The van der Waals surface area contributed by atoms with Gasteiger partial charge < -0.3 is 4.90 Å². The molecule has 0 bridgehead atoms. The van der Waals surface area contributed by atoms with Crippen LogP contribution in [0.1, 0.15) is 43.7 Å². The number of carbonyl (C=O) groups is 3. The summed E-state index contributed by atoms with van der Waals surface area (Å²) in [6, 6.07) is 17.9. The number of amides is 3. The first kappa shape index (κ1) is 31.2. The number of rotatable bonds is 8. The van der Waals surface area contributed by atoms with Crippen LogP contribution in [-0.2, 0) is 14.4 Å². The topological polar surface area (TPSA) is 86.7 Å². The largest absolute Gasteiger partial charge is 0.307 e. The van der Waals surface area contributed by atoms with E-state index in [-0.39, 0.29) is 35.1 Å². The Morgan fingerprint density at radius 3 is 2.26 bits per heavy atom. The molecule has 3 amide bonds. The molecule has 236 valence electrons. The van der Waals surface area contributed by atoms with Crippen LogP contribution < -0.4 is 14.7 Å². The van der Waals surface area contributed by atoms with Gasteiger partial charge in [0.25, 0.3) is 17.7 Å². The second kappa shape index (κ2) is 12.9. The lowest BCUT2D eigenvalue weighted by Crippen LogP contribution is -2.59. The lowest BCUT2D eigenvalue weighted by molar-refractivity contribution is -0.130. The molecule has 0 N–H and O–H groups in total. The van der Waals surface area contributed by atoms with Gasteiger partial charge in [-0.1, -0.05) is 54.1 Å². The third-order valence-electron chi connectivity index (χ3n) is 8.22. The van der Waals surface area contributed by atoms with Crippen molar-refractivity contribution in [2.45, 2.75) is 56.2 Å². The van der Waals surface area contributed by atoms with Crippen molar-refractivity contribution in [1.82, 2.24) is 9.97 Å². The number of hydrogen-bond donors (Lipinski definition) is 0. The van der Waals surface area contributed by atoms with Crippen LogP contribution in [0.2, 0.25) is 5.02 Å². The second-order valence-electron chi connectivity index (χ2n) is 11.3. The molecule has 0 spiro atoms. The average Bonchev–Trinajstić information content (AvgIpc) is 3.04. The van der Waals surface area contributed by atoms with Crippen molar-refractivity contribution in [3.8, 4) is 0 Å². The van der Waals surface area contributed by atoms with Crippen LogP contribution in [0.15, 0.2) is 97.3 Å². The van der Waals surface area contributed by atoms with Gasteiger partial charge in [0.2, 0.25) is 11.9 Å². The standard InChI is InChI=1S/C34H29ClF3N5O3/c35-27-14-5-4-13-26(27)30(32(46)41(23-10-2-1-3-11-23)25-20-34(37,38)21-25)42(24-12-6-9-22(36)19-24)31(45)28-15-7-16-29(44)43(28)33-39-17-8-18-40-33/h1-6,8-14,17-19,25,28,30H,7,15-16,20-21H2/t28-,30+/m0/s1. The Hall–Kier alpha value is -4.77. The minimum atomic E-state index is -2.96. The van der Waals surface area contributed by atoms with Crippen LogP contribution in [0.3, 0.4) is 0 Å². The summed E-state index contributed by atoms with van der Waals surface area (Å²) in [5.41, 5.74) is 0.564. The first-order chi connectivity index (χ1) is 22.1. The summed E-state index contributed by atoms with van der Waals surface area (Å²) in [5.74, 6) is -5.46. The molecule has 0 radical (unpaired) electrons. The highest BCUT2D eigenvalue weighted by Gasteiger charge is 2.52. The molecule has 1 saturated heterocycles. The van der Waals surface area contributed by atoms with Gasteiger partial charge in [0.1, 0.15) is 17.9 Å². The van der Waals surface area contributed by atoms with Crippen LogP contribution >= 0.6 is 11.6 Å². The maximum atomic E-state index is 15.0. The number of para-hydroxylation sites is 1. The van der Waals surface area contributed by atoms with E-state index < -0.39 is 60.4 Å². The van der Waals surface area contributed by atoms with Gasteiger partial charge in [0.05, 0.1) is 0 Å². The van der Waals surface area contributed by atoms with Gasteiger partial charge in [0.15, 0.2) is 0 Å². The number of hydrogen-bond acceptors (Lipinski definition) is 5. The monoisotopic (exact) mass is 647 g/mol. The third kappa shape index (κ3) is 6.19. The molecule has 4 aromatic rings. The van der Waals surface area contributed by atoms with Crippen molar-refractivity contribution in [3.05, 3.63) is 114 Å². The molecule has 2 atom stereocenters. The van der Waals surface area contributed by atoms with Gasteiger partial charge in [-0.25, -0.2) is 23.1 Å². The molecule has 2 heterocycles. The van der Waals surface area contributed by atoms with E-state index in [2.05, 4.69) is 9.97 Å². The molecule has 1 saturated carbocycles. The van der Waals surface area contributed by atoms with Crippen molar-refractivity contribution in [1.29, 1.82) is 0 Å². The third-order valence-corrected chi connectivity index (χ3v) is 8.57. The quantitative estimate of drug-likeness (QED) is 0.211. The molecule has 8 nitrogen and oxygen atoms in total. The van der Waals surface area contributed by atoms with Crippen LogP contribution in [0.4, 0.5) is 30.5 Å². The molecule has 3 aromatic carbocycles. The first-order valence-electron chi connectivity index (χ1n) is 14.8. The van der Waals surface area contributed by atoms with E-state index in [1.807, 2.05) is 0 Å². The van der Waals surface area contributed by atoms with Crippen molar-refractivity contribution >= 4 is 46.6 Å².